The maximum Gasteiger partial charge on any atom is 0.226 e. The first-order chi connectivity index (χ1) is 25.2. The van der Waals surface area contributed by atoms with Crippen molar-refractivity contribution in [1.82, 2.24) is 24.8 Å². The minimum Gasteiger partial charge on any atom is -0.371 e. The largest absolute Gasteiger partial charge is 0.371 e. The summed E-state index contributed by atoms with van der Waals surface area (Å²) in [6.07, 6.45) is 5.46. The van der Waals surface area contributed by atoms with Crippen molar-refractivity contribution < 1.29 is 13.9 Å². The summed E-state index contributed by atoms with van der Waals surface area (Å²) in [6, 6.07) is 15.5. The van der Waals surface area contributed by atoms with Crippen LogP contribution in [0, 0.1) is 35.9 Å². The van der Waals surface area contributed by atoms with Gasteiger partial charge >= 0.3 is 0 Å². The quantitative estimate of drug-likeness (QED) is 0.151. The normalized spacial score (nSPS) is 23.8. The maximum atomic E-state index is 17.2. The van der Waals surface area contributed by atoms with Gasteiger partial charge in [0.1, 0.15) is 10.7 Å². The number of fused-ring (bicyclic) bond motifs is 4. The fraction of sp³-hybridized carbons (Fsp3) is 0.400. The Balaban J connectivity index is 1.23. The molecule has 2 bridgehead atoms. The number of benzene rings is 2. The molecule has 5 aliphatic rings. The Labute approximate surface area is 315 Å². The van der Waals surface area contributed by atoms with E-state index >= 15 is 4.39 Å². The van der Waals surface area contributed by atoms with Crippen LogP contribution in [0.5, 0.6) is 0 Å². The van der Waals surface area contributed by atoms with Gasteiger partial charge in [-0.05, 0) is 68.4 Å². The molecule has 0 radical (unpaired) electrons. The van der Waals surface area contributed by atoms with Gasteiger partial charge in [-0.3, -0.25) is 4.79 Å². The van der Waals surface area contributed by atoms with Crippen LogP contribution in [0.25, 0.3) is 32.9 Å². The molecule has 52 heavy (non-hydrogen) atoms. The number of hydrogen-bond donors (Lipinski definition) is 1. The van der Waals surface area contributed by atoms with Crippen molar-refractivity contribution in [2.45, 2.75) is 76.3 Å². The van der Waals surface area contributed by atoms with E-state index in [4.69, 9.17) is 44.5 Å². The number of halogens is 4. The third kappa shape index (κ3) is 5.57. The smallest absolute Gasteiger partial charge is 0.226 e. The summed E-state index contributed by atoms with van der Waals surface area (Å²) >= 11 is 19.5. The summed E-state index contributed by atoms with van der Waals surface area (Å²) in [5, 5.41) is 15.9. The van der Waals surface area contributed by atoms with Crippen LogP contribution in [0.2, 0.25) is 15.2 Å². The highest BCUT2D eigenvalue weighted by Crippen LogP contribution is 2.51. The molecule has 3 aliphatic heterocycles. The van der Waals surface area contributed by atoms with Crippen molar-refractivity contribution >= 4 is 62.5 Å². The zero-order valence-corrected chi connectivity index (χ0v) is 30.8. The molecule has 10 rings (SSSR count). The number of aryl methyl sites for hydroxylation is 2. The first kappa shape index (κ1) is 34.0. The van der Waals surface area contributed by atoms with E-state index in [-0.39, 0.29) is 53.0 Å². The zero-order chi connectivity index (χ0) is 35.8. The molecule has 12 heteroatoms. The molecule has 5 unspecified atom stereocenters. The van der Waals surface area contributed by atoms with E-state index < -0.39 is 5.82 Å². The van der Waals surface area contributed by atoms with E-state index in [1.54, 1.807) is 24.4 Å². The van der Waals surface area contributed by atoms with Crippen LogP contribution in [0.4, 0.5) is 4.39 Å². The molecule has 2 saturated carbocycles. The standard InChI is InChI=1S/C40H36Cl3FN6O2/c1-20-27-16-32(31-15-25(18-49(31)40(51)21-9-10-21)52-19-23-6-4-12-46-39(23)43)50(37-24-14-30(37)47-17-24)38(27)28-13-22(5-3-11-45)33(35(44)36(28)48-20)26-7-2-8-29(41)34(26)42/h2,4,6-8,12-13,16,21,24-25,30-31,37,47H,3,5,9-10,14-15,17-19H2,1H3. The minimum absolute atomic E-state index is 0.0335. The number of amides is 1. The Hall–Kier alpha value is -3.78. The second-order valence-corrected chi connectivity index (χ2v) is 15.8. The van der Waals surface area contributed by atoms with Gasteiger partial charge in [0.25, 0.3) is 0 Å². The molecule has 8 nitrogen and oxygen atoms in total. The van der Waals surface area contributed by atoms with Crippen molar-refractivity contribution in [2.75, 3.05) is 13.1 Å². The van der Waals surface area contributed by atoms with Crippen LogP contribution in [-0.4, -0.2) is 50.6 Å². The molecule has 3 saturated heterocycles. The van der Waals surface area contributed by atoms with Gasteiger partial charge < -0.3 is 19.5 Å². The lowest BCUT2D eigenvalue weighted by Gasteiger charge is -2.39. The number of likely N-dealkylation sites (tertiary alicyclic amines) is 1. The maximum absolute atomic E-state index is 17.2. The fourth-order valence-corrected chi connectivity index (χ4v) is 9.41. The van der Waals surface area contributed by atoms with Crippen LogP contribution in [0.1, 0.15) is 66.7 Å². The monoisotopic (exact) mass is 756 g/mol. The first-order valence-corrected chi connectivity index (χ1v) is 19.1. The highest BCUT2D eigenvalue weighted by molar-refractivity contribution is 6.43. The van der Waals surface area contributed by atoms with Crippen molar-refractivity contribution in [3.8, 4) is 17.2 Å². The van der Waals surface area contributed by atoms with Crippen LogP contribution < -0.4 is 5.32 Å². The zero-order valence-electron chi connectivity index (χ0n) is 28.5. The van der Waals surface area contributed by atoms with E-state index in [2.05, 4.69) is 27.0 Å². The van der Waals surface area contributed by atoms with E-state index in [0.29, 0.717) is 69.9 Å². The number of pyridine rings is 2. The van der Waals surface area contributed by atoms with Crippen LogP contribution in [0.15, 0.2) is 48.7 Å². The van der Waals surface area contributed by atoms with Crippen molar-refractivity contribution in [1.29, 1.82) is 5.26 Å². The van der Waals surface area contributed by atoms with Gasteiger partial charge in [0.05, 0.1) is 46.4 Å². The summed E-state index contributed by atoms with van der Waals surface area (Å²) in [6.45, 7) is 3.60. The molecule has 5 aromatic rings. The van der Waals surface area contributed by atoms with Gasteiger partial charge in [-0.25, -0.2) is 14.4 Å². The molecule has 2 aliphatic carbocycles. The topological polar surface area (TPSA) is 96.1 Å². The molecule has 266 valence electrons. The van der Waals surface area contributed by atoms with Crippen molar-refractivity contribution in [3.05, 3.63) is 92.2 Å². The molecule has 5 fully saturated rings. The molecule has 1 N–H and O–H groups in total. The molecular formula is C40H36Cl3FN6O2. The number of carbonyl (C=O) groups excluding carboxylic acids is 1. The molecule has 6 heterocycles. The summed E-state index contributed by atoms with van der Waals surface area (Å²) in [4.78, 5) is 25.1. The van der Waals surface area contributed by atoms with Gasteiger partial charge in [0, 0.05) is 82.9 Å². The summed E-state index contributed by atoms with van der Waals surface area (Å²) in [5.74, 6) is 0.113. The fourth-order valence-electron chi connectivity index (χ4n) is 8.84. The predicted molar refractivity (Wildman–Crippen MR) is 200 cm³/mol. The van der Waals surface area contributed by atoms with Gasteiger partial charge in [-0.1, -0.05) is 53.0 Å². The first-order valence-electron chi connectivity index (χ1n) is 18.0. The number of rotatable bonds is 9. The number of nitrogens with zero attached hydrogens (tertiary/aromatic N) is 5. The number of aromatic nitrogens is 3. The Morgan fingerprint density at radius 1 is 1.12 bits per heavy atom. The SMILES string of the molecule is Cc1nc2c(F)c(-c3cccc(Cl)c3Cl)c(CCC#N)cc2c2c1cc(C1CC(OCc3cccnc3Cl)CN1C(=O)C1CC1)n2C1C2CNC1C2. The number of carbonyl (C=O) groups is 1. The third-order valence-corrected chi connectivity index (χ3v) is 12.7. The third-order valence-electron chi connectivity index (χ3n) is 11.6. The van der Waals surface area contributed by atoms with Crippen LogP contribution in [-0.2, 0) is 22.6 Å². The second-order valence-electron chi connectivity index (χ2n) is 14.7. The van der Waals surface area contributed by atoms with Gasteiger partial charge in [-0.2, -0.15) is 5.26 Å². The Bertz CT molecular complexity index is 2310. The minimum atomic E-state index is -0.488. The summed E-state index contributed by atoms with van der Waals surface area (Å²) in [7, 11) is 0. The summed E-state index contributed by atoms with van der Waals surface area (Å²) < 4.78 is 26.0. The van der Waals surface area contributed by atoms with Crippen LogP contribution in [0.3, 0.4) is 0 Å². The molecule has 0 spiro atoms. The lowest BCUT2D eigenvalue weighted by Crippen LogP contribution is -2.41. The summed E-state index contributed by atoms with van der Waals surface area (Å²) in [5.41, 5.74) is 5.14. The number of nitrogens with one attached hydrogen (secondary N) is 1. The Morgan fingerprint density at radius 2 is 1.96 bits per heavy atom. The van der Waals surface area contributed by atoms with E-state index in [9.17, 15) is 10.1 Å². The molecule has 3 aromatic heterocycles. The Morgan fingerprint density at radius 3 is 2.69 bits per heavy atom. The average Bonchev–Trinajstić information content (AvgIpc) is 3.43. The molecule has 5 atom stereocenters. The predicted octanol–water partition coefficient (Wildman–Crippen LogP) is 8.92. The number of ether oxygens (including phenoxy) is 1. The van der Waals surface area contributed by atoms with Gasteiger partial charge in [-0.15, -0.1) is 0 Å². The molecular weight excluding hydrogens is 722 g/mol. The number of hydrogen-bond acceptors (Lipinski definition) is 6. The lowest BCUT2D eigenvalue weighted by atomic mass is 9.79. The average molecular weight is 758 g/mol. The van der Waals surface area contributed by atoms with Crippen molar-refractivity contribution in [2.24, 2.45) is 11.8 Å². The Kier molecular flexibility index (Phi) is 8.67. The van der Waals surface area contributed by atoms with E-state index in [1.165, 1.54) is 0 Å². The van der Waals surface area contributed by atoms with Gasteiger partial charge in [0.15, 0.2) is 5.82 Å². The highest BCUT2D eigenvalue weighted by atomic mass is 35.5. The second kappa shape index (κ2) is 13.3. The lowest BCUT2D eigenvalue weighted by molar-refractivity contribution is -0.134. The highest BCUT2D eigenvalue weighted by Gasteiger charge is 2.51. The van der Waals surface area contributed by atoms with Crippen LogP contribution >= 0.6 is 34.8 Å². The van der Waals surface area contributed by atoms with Crippen molar-refractivity contribution in [3.63, 3.8) is 0 Å². The van der Waals surface area contributed by atoms with E-state index in [1.807, 2.05) is 30.0 Å². The molecule has 2 aromatic carbocycles. The molecule has 1 amide bonds. The van der Waals surface area contributed by atoms with E-state index in [0.717, 1.165) is 48.0 Å². The van der Waals surface area contributed by atoms with Gasteiger partial charge in [0.2, 0.25) is 5.91 Å². The number of nitriles is 1.